The van der Waals surface area contributed by atoms with Gasteiger partial charge < -0.3 is 5.11 Å². The van der Waals surface area contributed by atoms with Gasteiger partial charge in [-0.3, -0.25) is 0 Å². The van der Waals surface area contributed by atoms with Gasteiger partial charge in [0.25, 0.3) is 0 Å². The first-order valence-electron chi connectivity index (χ1n) is 6.19. The van der Waals surface area contributed by atoms with Gasteiger partial charge in [-0.15, -0.1) is 11.3 Å². The molecule has 0 radical (unpaired) electrons. The number of hydrogen-bond acceptors (Lipinski definition) is 5. The van der Waals surface area contributed by atoms with Crippen LogP contribution in [-0.2, 0) is 10.0 Å². The van der Waals surface area contributed by atoms with Crippen molar-refractivity contribution >= 4 is 27.3 Å². The summed E-state index contributed by atoms with van der Waals surface area (Å²) in [6, 6.07) is 4.83. The van der Waals surface area contributed by atoms with Crippen molar-refractivity contribution in [3.05, 3.63) is 46.4 Å². The van der Waals surface area contributed by atoms with Crippen molar-refractivity contribution in [1.82, 2.24) is 9.71 Å². The maximum atomic E-state index is 12.3. The van der Waals surface area contributed by atoms with Gasteiger partial charge in [-0.2, -0.15) is 0 Å². The highest BCUT2D eigenvalue weighted by atomic mass is 32.2. The molecule has 0 aliphatic heterocycles. The van der Waals surface area contributed by atoms with Gasteiger partial charge >= 0.3 is 5.97 Å². The number of sulfonamides is 1. The summed E-state index contributed by atoms with van der Waals surface area (Å²) in [6.07, 6.45) is 2.16. The van der Waals surface area contributed by atoms with Gasteiger partial charge in [0.2, 0.25) is 10.0 Å². The topological polar surface area (TPSA) is 96.4 Å². The van der Waals surface area contributed by atoms with Crippen LogP contribution in [0.5, 0.6) is 0 Å². The van der Waals surface area contributed by atoms with Crippen LogP contribution in [0.25, 0.3) is 0 Å². The third-order valence-electron chi connectivity index (χ3n) is 2.85. The predicted octanol–water partition coefficient (Wildman–Crippen LogP) is 2.27. The highest BCUT2D eigenvalue weighted by molar-refractivity contribution is 7.89. The van der Waals surface area contributed by atoms with Gasteiger partial charge in [-0.05, 0) is 24.6 Å². The molecule has 1 aromatic carbocycles. The van der Waals surface area contributed by atoms with Gasteiger partial charge in [0.05, 0.1) is 16.5 Å². The number of carbonyl (C=O) groups is 1. The second kappa shape index (κ2) is 6.33. The fraction of sp³-hybridized carbons (Fsp3) is 0.231. The molecule has 2 aromatic rings. The lowest BCUT2D eigenvalue weighted by atomic mass is 10.2. The summed E-state index contributed by atoms with van der Waals surface area (Å²) in [5, 5.41) is 11.4. The van der Waals surface area contributed by atoms with Gasteiger partial charge in [0.15, 0.2) is 0 Å². The molecule has 1 heterocycles. The van der Waals surface area contributed by atoms with Crippen molar-refractivity contribution in [2.24, 2.45) is 0 Å². The lowest BCUT2D eigenvalue weighted by Gasteiger charge is -2.15. The summed E-state index contributed by atoms with van der Waals surface area (Å²) in [4.78, 5) is 15.0. The molecule has 21 heavy (non-hydrogen) atoms. The minimum absolute atomic E-state index is 0.0693. The molecule has 0 amide bonds. The Morgan fingerprint density at radius 3 is 2.81 bits per heavy atom. The number of aromatic carboxylic acids is 1. The molecule has 2 N–H and O–H groups in total. The SMILES string of the molecule is CCC(NS(=O)(=O)c1cccc(C(=O)O)c1)c1nccs1. The van der Waals surface area contributed by atoms with Crippen LogP contribution in [0.1, 0.15) is 34.8 Å². The Bertz CT molecular complexity index is 726. The summed E-state index contributed by atoms with van der Waals surface area (Å²) >= 11 is 1.37. The van der Waals surface area contributed by atoms with Crippen molar-refractivity contribution in [2.75, 3.05) is 0 Å². The standard InChI is InChI=1S/C13H14N2O4S2/c1-2-11(12-14-6-7-20-12)15-21(18,19)10-5-3-4-9(8-10)13(16)17/h3-8,11,15H,2H2,1H3,(H,16,17). The first-order valence-corrected chi connectivity index (χ1v) is 8.55. The summed E-state index contributed by atoms with van der Waals surface area (Å²) in [5.41, 5.74) is -0.0693. The van der Waals surface area contributed by atoms with Crippen LogP contribution in [0.3, 0.4) is 0 Å². The van der Waals surface area contributed by atoms with Gasteiger partial charge in [-0.1, -0.05) is 13.0 Å². The Morgan fingerprint density at radius 1 is 1.48 bits per heavy atom. The molecular weight excluding hydrogens is 312 g/mol. The molecule has 2 rings (SSSR count). The molecule has 112 valence electrons. The molecule has 6 nitrogen and oxygen atoms in total. The largest absolute Gasteiger partial charge is 0.478 e. The molecule has 0 fully saturated rings. The molecular formula is C13H14N2O4S2. The zero-order valence-corrected chi connectivity index (χ0v) is 12.8. The molecule has 0 spiro atoms. The first kappa shape index (κ1) is 15.6. The number of hydrogen-bond donors (Lipinski definition) is 2. The van der Waals surface area contributed by atoms with Crippen LogP contribution in [0.2, 0.25) is 0 Å². The summed E-state index contributed by atoms with van der Waals surface area (Å²) < 4.78 is 27.2. The third-order valence-corrected chi connectivity index (χ3v) is 5.21. The molecule has 0 saturated heterocycles. The van der Waals surface area contributed by atoms with E-state index in [2.05, 4.69) is 9.71 Å². The molecule has 0 saturated carbocycles. The monoisotopic (exact) mass is 326 g/mol. The number of benzene rings is 1. The minimum atomic E-state index is -3.80. The molecule has 1 aromatic heterocycles. The number of thiazole rings is 1. The second-order valence-corrected chi connectivity index (χ2v) is 6.93. The van der Waals surface area contributed by atoms with Crippen LogP contribution < -0.4 is 4.72 Å². The summed E-state index contributed by atoms with van der Waals surface area (Å²) in [6.45, 7) is 1.85. The highest BCUT2D eigenvalue weighted by Gasteiger charge is 2.22. The van der Waals surface area contributed by atoms with Gasteiger partial charge in [0.1, 0.15) is 5.01 Å². The van der Waals surface area contributed by atoms with E-state index in [1.807, 2.05) is 6.92 Å². The predicted molar refractivity (Wildman–Crippen MR) is 78.9 cm³/mol. The maximum Gasteiger partial charge on any atom is 0.335 e. The zero-order chi connectivity index (χ0) is 15.5. The van der Waals surface area contributed by atoms with Crippen LogP contribution in [0, 0.1) is 0 Å². The quantitative estimate of drug-likeness (QED) is 0.849. The van der Waals surface area contributed by atoms with Crippen LogP contribution >= 0.6 is 11.3 Å². The molecule has 1 unspecified atom stereocenters. The Hall–Kier alpha value is -1.77. The number of aromatic nitrogens is 1. The number of carboxylic acids is 1. The van der Waals surface area contributed by atoms with Crippen LogP contribution in [0.15, 0.2) is 40.7 Å². The fourth-order valence-electron chi connectivity index (χ4n) is 1.77. The van der Waals surface area contributed by atoms with E-state index in [0.29, 0.717) is 11.4 Å². The Labute approximate surface area is 126 Å². The second-order valence-electron chi connectivity index (χ2n) is 4.29. The lowest BCUT2D eigenvalue weighted by Crippen LogP contribution is -2.28. The van der Waals surface area contributed by atoms with Crippen molar-refractivity contribution in [1.29, 1.82) is 0 Å². The smallest absolute Gasteiger partial charge is 0.335 e. The number of nitrogens with one attached hydrogen (secondary N) is 1. The normalized spacial score (nSPS) is 13.0. The average molecular weight is 326 g/mol. The van der Waals surface area contributed by atoms with E-state index in [1.54, 1.807) is 11.6 Å². The summed E-state index contributed by atoms with van der Waals surface area (Å²) in [5.74, 6) is -1.17. The van der Waals surface area contributed by atoms with E-state index in [9.17, 15) is 13.2 Å². The molecule has 0 aliphatic rings. The number of nitrogens with zero attached hydrogens (tertiary/aromatic N) is 1. The van der Waals surface area contributed by atoms with E-state index in [-0.39, 0.29) is 10.5 Å². The Balaban J connectivity index is 2.29. The Kier molecular flexibility index (Phi) is 4.71. The Morgan fingerprint density at radius 2 is 2.24 bits per heavy atom. The van der Waals surface area contributed by atoms with Gasteiger partial charge in [-0.25, -0.2) is 22.9 Å². The summed E-state index contributed by atoms with van der Waals surface area (Å²) in [7, 11) is -3.80. The van der Waals surface area contributed by atoms with E-state index in [0.717, 1.165) is 6.07 Å². The van der Waals surface area contributed by atoms with E-state index >= 15 is 0 Å². The molecule has 0 bridgehead atoms. The lowest BCUT2D eigenvalue weighted by molar-refractivity contribution is 0.0696. The van der Waals surface area contributed by atoms with Crippen molar-refractivity contribution in [2.45, 2.75) is 24.3 Å². The third kappa shape index (κ3) is 3.66. The van der Waals surface area contributed by atoms with E-state index in [1.165, 1.54) is 29.5 Å². The van der Waals surface area contributed by atoms with Crippen LogP contribution in [-0.4, -0.2) is 24.5 Å². The first-order chi connectivity index (χ1) is 9.94. The maximum absolute atomic E-state index is 12.3. The van der Waals surface area contributed by atoms with Gasteiger partial charge in [0, 0.05) is 11.6 Å². The number of rotatable bonds is 6. The molecule has 1 atom stereocenters. The minimum Gasteiger partial charge on any atom is -0.478 e. The van der Waals surface area contributed by atoms with E-state index < -0.39 is 22.0 Å². The number of carboxylic acid groups (broad SMARTS) is 1. The molecule has 8 heteroatoms. The van der Waals surface area contributed by atoms with Crippen molar-refractivity contribution in [3.8, 4) is 0 Å². The zero-order valence-electron chi connectivity index (χ0n) is 11.2. The van der Waals surface area contributed by atoms with Crippen LogP contribution in [0.4, 0.5) is 0 Å². The highest BCUT2D eigenvalue weighted by Crippen LogP contribution is 2.22. The average Bonchev–Trinajstić information content (AvgIpc) is 2.99. The fourth-order valence-corrected chi connectivity index (χ4v) is 3.94. The molecule has 0 aliphatic carbocycles. The van der Waals surface area contributed by atoms with Crippen molar-refractivity contribution < 1.29 is 18.3 Å². The van der Waals surface area contributed by atoms with Crippen molar-refractivity contribution in [3.63, 3.8) is 0 Å². The van der Waals surface area contributed by atoms with E-state index in [4.69, 9.17) is 5.11 Å².